The highest BCUT2D eigenvalue weighted by Gasteiger charge is 2.28. The fraction of sp³-hybridized carbons (Fsp3) is 1.00. The standard InChI is InChI=1S/C16H36N.C16H33O3P/c1-5-9-13-17(14-10-6-2,15-11-7-3)16-12-8-4;1-5-9-11-14(7-3)13-16(19-20(17)18)15(8-4)12-10-6-2/h5-16H2,1-4H3;14-16H,5-13H2,1-4H3/q+1;. The Morgan fingerprint density at radius 1 is 0.622 bits per heavy atom. The molecule has 0 saturated heterocycles. The molecule has 0 aliphatic carbocycles. The average molecular weight is 547 g/mol. The molecule has 0 heterocycles. The van der Waals surface area contributed by atoms with Crippen molar-refractivity contribution in [3.63, 3.8) is 0 Å². The van der Waals surface area contributed by atoms with E-state index in [0.29, 0.717) is 11.8 Å². The Balaban J connectivity index is 0. The van der Waals surface area contributed by atoms with Crippen molar-refractivity contribution in [3.05, 3.63) is 0 Å². The van der Waals surface area contributed by atoms with Crippen molar-refractivity contribution in [1.82, 2.24) is 0 Å². The summed E-state index contributed by atoms with van der Waals surface area (Å²) in [6.45, 7) is 23.7. The molecule has 0 fully saturated rings. The molecule has 0 amide bonds. The number of unbranched alkanes of at least 4 members (excludes halogenated alkanes) is 6. The van der Waals surface area contributed by atoms with Crippen molar-refractivity contribution in [2.75, 3.05) is 26.2 Å². The number of hydrogen-bond acceptors (Lipinski definition) is 3. The zero-order valence-corrected chi connectivity index (χ0v) is 27.6. The van der Waals surface area contributed by atoms with Crippen LogP contribution in [0.4, 0.5) is 0 Å². The van der Waals surface area contributed by atoms with Crippen molar-refractivity contribution in [1.29, 1.82) is 0 Å². The molecule has 0 rings (SSSR count). The van der Waals surface area contributed by atoms with Gasteiger partial charge in [-0.25, -0.2) is 0 Å². The number of rotatable bonds is 25. The Kier molecular flexibility index (Phi) is 29.1. The molecule has 37 heavy (non-hydrogen) atoms. The van der Waals surface area contributed by atoms with Gasteiger partial charge in [0.05, 0.1) is 26.2 Å². The topological polar surface area (TPSA) is 49.4 Å². The van der Waals surface area contributed by atoms with E-state index < -0.39 is 8.25 Å². The first kappa shape index (κ1) is 39.1. The van der Waals surface area contributed by atoms with E-state index in [4.69, 9.17) is 4.52 Å². The second-order valence-corrected chi connectivity index (χ2v) is 12.1. The van der Waals surface area contributed by atoms with Gasteiger partial charge in [0, 0.05) is 0 Å². The molecular weight excluding hydrogens is 477 g/mol. The first-order valence-electron chi connectivity index (χ1n) is 16.5. The molecule has 5 heteroatoms. The molecule has 0 spiro atoms. The maximum absolute atomic E-state index is 11.0. The molecule has 0 aromatic carbocycles. The van der Waals surface area contributed by atoms with E-state index in [1.807, 2.05) is 0 Å². The van der Waals surface area contributed by atoms with Gasteiger partial charge in [-0.1, -0.05) is 126 Å². The van der Waals surface area contributed by atoms with Crippen LogP contribution in [0.3, 0.4) is 0 Å². The molecule has 0 aromatic heterocycles. The van der Waals surface area contributed by atoms with Gasteiger partial charge in [0.15, 0.2) is 0 Å². The van der Waals surface area contributed by atoms with Crippen LogP contribution in [0.25, 0.3) is 0 Å². The number of hydrogen-bond donors (Lipinski definition) is 0. The van der Waals surface area contributed by atoms with Crippen LogP contribution in [-0.4, -0.2) is 36.8 Å². The molecule has 0 radical (unpaired) electrons. The Labute approximate surface area is 235 Å². The highest BCUT2D eigenvalue weighted by atomic mass is 31.1. The van der Waals surface area contributed by atoms with Gasteiger partial charge in [0.25, 0.3) is 0 Å². The Morgan fingerprint density at radius 2 is 1.03 bits per heavy atom. The third kappa shape index (κ3) is 21.5. The Morgan fingerprint density at radius 3 is 1.35 bits per heavy atom. The SMILES string of the molecule is CCCCC(CC)CC(O[P+](=O)[O-])C(CC)CCCC.CCCC[N+](CCCC)(CCCC)CCCC. The van der Waals surface area contributed by atoms with Crippen LogP contribution in [0.2, 0.25) is 0 Å². The smallest absolute Gasteiger partial charge is 0.488 e. The lowest BCUT2D eigenvalue weighted by Crippen LogP contribution is -2.50. The van der Waals surface area contributed by atoms with Crippen molar-refractivity contribution >= 4 is 8.25 Å². The summed E-state index contributed by atoms with van der Waals surface area (Å²) in [6.07, 6.45) is 20.9. The van der Waals surface area contributed by atoms with Gasteiger partial charge in [0.2, 0.25) is 0 Å². The molecule has 0 aliphatic heterocycles. The first-order chi connectivity index (χ1) is 17.8. The molecule has 4 nitrogen and oxygen atoms in total. The summed E-state index contributed by atoms with van der Waals surface area (Å²) in [5.74, 6) is 0.962. The van der Waals surface area contributed by atoms with Crippen LogP contribution in [0.15, 0.2) is 0 Å². The zero-order valence-electron chi connectivity index (χ0n) is 26.7. The predicted octanol–water partition coefficient (Wildman–Crippen LogP) is 10.2. The summed E-state index contributed by atoms with van der Waals surface area (Å²) in [5.41, 5.74) is 0. The van der Waals surface area contributed by atoms with E-state index in [2.05, 4.69) is 55.4 Å². The molecule has 4 atom stereocenters. The molecule has 0 aliphatic rings. The molecule has 4 unspecified atom stereocenters. The van der Waals surface area contributed by atoms with E-state index in [0.717, 1.165) is 38.5 Å². The van der Waals surface area contributed by atoms with Gasteiger partial charge in [-0.3, -0.25) is 0 Å². The third-order valence-corrected chi connectivity index (χ3v) is 8.70. The molecule has 0 saturated carbocycles. The van der Waals surface area contributed by atoms with Crippen LogP contribution in [0.5, 0.6) is 0 Å². The van der Waals surface area contributed by atoms with Crippen molar-refractivity contribution in [3.8, 4) is 0 Å². The van der Waals surface area contributed by atoms with Crippen LogP contribution in [0.1, 0.15) is 165 Å². The fourth-order valence-corrected chi connectivity index (χ4v) is 5.99. The van der Waals surface area contributed by atoms with Crippen LogP contribution < -0.4 is 4.89 Å². The number of nitrogens with zero attached hydrogens (tertiary/aromatic N) is 1. The highest BCUT2D eigenvalue weighted by molar-refractivity contribution is 7.30. The first-order valence-corrected chi connectivity index (χ1v) is 17.6. The van der Waals surface area contributed by atoms with E-state index in [1.165, 1.54) is 101 Å². The fourth-order valence-electron chi connectivity index (χ4n) is 5.51. The van der Waals surface area contributed by atoms with Crippen LogP contribution in [-0.2, 0) is 9.09 Å². The summed E-state index contributed by atoms with van der Waals surface area (Å²) in [5, 5.41) is 0. The van der Waals surface area contributed by atoms with Gasteiger partial charge in [-0.15, -0.1) is 4.52 Å². The van der Waals surface area contributed by atoms with Gasteiger partial charge in [-0.2, -0.15) is 0 Å². The minimum Gasteiger partial charge on any atom is -0.566 e. The highest BCUT2D eigenvalue weighted by Crippen LogP contribution is 2.32. The van der Waals surface area contributed by atoms with Gasteiger partial charge < -0.3 is 9.38 Å². The van der Waals surface area contributed by atoms with Crippen molar-refractivity contribution in [2.24, 2.45) is 11.8 Å². The lowest BCUT2D eigenvalue weighted by Gasteiger charge is -2.39. The zero-order chi connectivity index (χ0) is 28.4. The second-order valence-electron chi connectivity index (χ2n) is 11.5. The molecule has 0 aromatic rings. The summed E-state index contributed by atoms with van der Waals surface area (Å²) in [4.78, 5) is 11.0. The van der Waals surface area contributed by atoms with E-state index in [1.54, 1.807) is 0 Å². The van der Waals surface area contributed by atoms with E-state index in [9.17, 15) is 9.46 Å². The van der Waals surface area contributed by atoms with Gasteiger partial charge in [-0.05, 0) is 54.9 Å². The monoisotopic (exact) mass is 547 g/mol. The molecular formula is C32H69NO3P+. The molecule has 0 N–H and O–H groups in total. The summed E-state index contributed by atoms with van der Waals surface area (Å²) >= 11 is 0. The van der Waals surface area contributed by atoms with E-state index >= 15 is 0 Å². The second kappa shape index (κ2) is 27.5. The minimum absolute atomic E-state index is 0.116. The third-order valence-electron chi connectivity index (χ3n) is 8.25. The molecule has 0 bridgehead atoms. The van der Waals surface area contributed by atoms with Crippen molar-refractivity contribution < 1.29 is 18.5 Å². The molecule has 224 valence electrons. The number of quaternary nitrogens is 1. The summed E-state index contributed by atoms with van der Waals surface area (Å²) in [6, 6.07) is 0. The van der Waals surface area contributed by atoms with Crippen LogP contribution >= 0.6 is 8.25 Å². The largest absolute Gasteiger partial charge is 0.566 e. The quantitative estimate of drug-likeness (QED) is 0.0845. The van der Waals surface area contributed by atoms with Gasteiger partial charge >= 0.3 is 8.25 Å². The maximum atomic E-state index is 11.0. The Bertz CT molecular complexity index is 451. The lowest BCUT2D eigenvalue weighted by atomic mass is 9.85. The maximum Gasteiger partial charge on any atom is 0.488 e. The normalized spacial score (nSPS) is 14.6. The lowest BCUT2D eigenvalue weighted by molar-refractivity contribution is -0.929. The van der Waals surface area contributed by atoms with Crippen LogP contribution in [0, 0.1) is 11.8 Å². The average Bonchev–Trinajstić information content (AvgIpc) is 2.90. The summed E-state index contributed by atoms with van der Waals surface area (Å²) < 4.78 is 17.7. The summed E-state index contributed by atoms with van der Waals surface area (Å²) in [7, 11) is -2.74. The van der Waals surface area contributed by atoms with E-state index in [-0.39, 0.29) is 6.10 Å². The van der Waals surface area contributed by atoms with Gasteiger partial charge in [0.1, 0.15) is 6.10 Å². The predicted molar refractivity (Wildman–Crippen MR) is 163 cm³/mol. The van der Waals surface area contributed by atoms with Crippen molar-refractivity contribution in [2.45, 2.75) is 171 Å². The Hall–Kier alpha value is -0.0200. The minimum atomic E-state index is -2.74.